The molecule has 1 amide bonds. The summed E-state index contributed by atoms with van der Waals surface area (Å²) < 4.78 is 18.5. The lowest BCUT2D eigenvalue weighted by atomic mass is 10.2. The van der Waals surface area contributed by atoms with E-state index in [1.54, 1.807) is 0 Å². The smallest absolute Gasteiger partial charge is 0.255 e. The van der Waals surface area contributed by atoms with E-state index in [0.717, 1.165) is 0 Å². The predicted octanol–water partition coefficient (Wildman–Crippen LogP) is 2.01. The number of carbonyl (C=O) groups is 1. The van der Waals surface area contributed by atoms with Crippen molar-refractivity contribution in [2.45, 2.75) is 20.3 Å². The number of ether oxygens (including phenoxy) is 1. The summed E-state index contributed by atoms with van der Waals surface area (Å²) in [7, 11) is 0. The predicted molar refractivity (Wildman–Crippen MR) is 66.8 cm³/mol. The third-order valence-electron chi connectivity index (χ3n) is 2.21. The Bertz CT molecular complexity index is 383. The quantitative estimate of drug-likeness (QED) is 0.598. The van der Waals surface area contributed by atoms with Gasteiger partial charge in [0.1, 0.15) is 0 Å². The minimum absolute atomic E-state index is 0.0272. The van der Waals surface area contributed by atoms with Crippen LogP contribution in [0.5, 0.6) is 0 Å². The Hall–Kier alpha value is -1.49. The topological polar surface area (TPSA) is 51.2 Å². The first-order valence-electron chi connectivity index (χ1n) is 6.07. The standard InChI is InChI=1S/C13H19FN2O2/c1-10(2)9-18-8-4-7-16-13(17)11-5-3-6-15-12(11)14/h3,5-6,10H,4,7-9H2,1-2H3,(H,16,17). The van der Waals surface area contributed by atoms with Gasteiger partial charge in [-0.25, -0.2) is 4.98 Å². The van der Waals surface area contributed by atoms with E-state index in [4.69, 9.17) is 4.74 Å². The van der Waals surface area contributed by atoms with Gasteiger partial charge in [0.15, 0.2) is 0 Å². The number of rotatable bonds is 7. The number of carbonyl (C=O) groups excluding carboxylic acids is 1. The van der Waals surface area contributed by atoms with E-state index in [1.807, 2.05) is 0 Å². The molecule has 1 N–H and O–H groups in total. The number of aromatic nitrogens is 1. The lowest BCUT2D eigenvalue weighted by Gasteiger charge is -2.08. The second-order valence-electron chi connectivity index (χ2n) is 4.42. The molecule has 1 aromatic rings. The van der Waals surface area contributed by atoms with Crippen molar-refractivity contribution in [1.82, 2.24) is 10.3 Å². The zero-order valence-electron chi connectivity index (χ0n) is 10.8. The highest BCUT2D eigenvalue weighted by Crippen LogP contribution is 2.02. The molecule has 18 heavy (non-hydrogen) atoms. The van der Waals surface area contributed by atoms with Gasteiger partial charge in [0.25, 0.3) is 5.91 Å². The Labute approximate surface area is 107 Å². The van der Waals surface area contributed by atoms with E-state index in [1.165, 1.54) is 18.3 Å². The van der Waals surface area contributed by atoms with Crippen molar-refractivity contribution in [3.8, 4) is 0 Å². The fraction of sp³-hybridized carbons (Fsp3) is 0.538. The monoisotopic (exact) mass is 254 g/mol. The van der Waals surface area contributed by atoms with Gasteiger partial charge in [-0.15, -0.1) is 0 Å². The Balaban J connectivity index is 2.20. The van der Waals surface area contributed by atoms with Crippen LogP contribution in [-0.2, 0) is 4.74 Å². The van der Waals surface area contributed by atoms with Gasteiger partial charge in [-0.05, 0) is 24.5 Å². The Morgan fingerprint density at radius 3 is 3.00 bits per heavy atom. The molecule has 0 aliphatic heterocycles. The average molecular weight is 254 g/mol. The first kappa shape index (κ1) is 14.6. The molecule has 0 radical (unpaired) electrons. The molecule has 0 bridgehead atoms. The van der Waals surface area contributed by atoms with Gasteiger partial charge in [0, 0.05) is 26.0 Å². The SMILES string of the molecule is CC(C)COCCCNC(=O)c1cccnc1F. The van der Waals surface area contributed by atoms with Crippen molar-refractivity contribution >= 4 is 5.91 Å². The highest BCUT2D eigenvalue weighted by Gasteiger charge is 2.10. The van der Waals surface area contributed by atoms with Crippen LogP contribution < -0.4 is 5.32 Å². The van der Waals surface area contributed by atoms with E-state index in [9.17, 15) is 9.18 Å². The molecular formula is C13H19FN2O2. The number of hydrogen-bond donors (Lipinski definition) is 1. The summed E-state index contributed by atoms with van der Waals surface area (Å²) in [5, 5.41) is 2.63. The van der Waals surface area contributed by atoms with E-state index in [2.05, 4.69) is 24.1 Å². The number of hydrogen-bond acceptors (Lipinski definition) is 3. The molecule has 0 aliphatic rings. The fourth-order valence-corrected chi connectivity index (χ4v) is 1.35. The maximum Gasteiger partial charge on any atom is 0.255 e. The van der Waals surface area contributed by atoms with Gasteiger partial charge in [0.2, 0.25) is 5.95 Å². The molecule has 0 aliphatic carbocycles. The average Bonchev–Trinajstić information content (AvgIpc) is 2.33. The zero-order valence-corrected chi connectivity index (χ0v) is 10.8. The fourth-order valence-electron chi connectivity index (χ4n) is 1.35. The minimum Gasteiger partial charge on any atom is -0.381 e. The van der Waals surface area contributed by atoms with Crippen molar-refractivity contribution in [3.05, 3.63) is 29.8 Å². The largest absolute Gasteiger partial charge is 0.381 e. The molecule has 0 spiro atoms. The van der Waals surface area contributed by atoms with Crippen LogP contribution in [0.1, 0.15) is 30.6 Å². The van der Waals surface area contributed by atoms with Crippen LogP contribution in [0.15, 0.2) is 18.3 Å². The molecule has 0 unspecified atom stereocenters. The maximum absolute atomic E-state index is 13.2. The molecule has 0 fully saturated rings. The number of halogens is 1. The molecule has 0 saturated carbocycles. The summed E-state index contributed by atoms with van der Waals surface area (Å²) in [6.45, 7) is 5.92. The summed E-state index contributed by atoms with van der Waals surface area (Å²) in [5.41, 5.74) is -0.0272. The van der Waals surface area contributed by atoms with Gasteiger partial charge in [-0.3, -0.25) is 4.79 Å². The molecule has 1 heterocycles. The molecule has 0 saturated heterocycles. The van der Waals surface area contributed by atoms with E-state index < -0.39 is 11.9 Å². The summed E-state index contributed by atoms with van der Waals surface area (Å²) in [6, 6.07) is 2.94. The van der Waals surface area contributed by atoms with Crippen molar-refractivity contribution in [2.75, 3.05) is 19.8 Å². The van der Waals surface area contributed by atoms with Crippen LogP contribution in [0.2, 0.25) is 0 Å². The third-order valence-corrected chi connectivity index (χ3v) is 2.21. The molecular weight excluding hydrogens is 235 g/mol. The first-order chi connectivity index (χ1) is 8.61. The van der Waals surface area contributed by atoms with Crippen molar-refractivity contribution in [2.24, 2.45) is 5.92 Å². The highest BCUT2D eigenvalue weighted by atomic mass is 19.1. The van der Waals surface area contributed by atoms with E-state index in [-0.39, 0.29) is 5.56 Å². The molecule has 100 valence electrons. The van der Waals surface area contributed by atoms with E-state index >= 15 is 0 Å². The lowest BCUT2D eigenvalue weighted by Crippen LogP contribution is -2.26. The van der Waals surface area contributed by atoms with Crippen LogP contribution >= 0.6 is 0 Å². The second-order valence-corrected chi connectivity index (χ2v) is 4.42. The third kappa shape index (κ3) is 5.23. The normalized spacial score (nSPS) is 10.7. The molecule has 4 nitrogen and oxygen atoms in total. The maximum atomic E-state index is 13.2. The molecule has 5 heteroatoms. The van der Waals surface area contributed by atoms with Crippen molar-refractivity contribution in [3.63, 3.8) is 0 Å². The lowest BCUT2D eigenvalue weighted by molar-refractivity contribution is 0.0920. The van der Waals surface area contributed by atoms with Crippen LogP contribution in [0.4, 0.5) is 4.39 Å². The molecule has 0 atom stereocenters. The van der Waals surface area contributed by atoms with Gasteiger partial charge >= 0.3 is 0 Å². The van der Waals surface area contributed by atoms with Crippen LogP contribution in [0, 0.1) is 11.9 Å². The molecule has 0 aromatic carbocycles. The summed E-state index contributed by atoms with van der Waals surface area (Å²) in [4.78, 5) is 15.0. The summed E-state index contributed by atoms with van der Waals surface area (Å²) >= 11 is 0. The van der Waals surface area contributed by atoms with Crippen molar-refractivity contribution < 1.29 is 13.9 Å². The Morgan fingerprint density at radius 1 is 1.56 bits per heavy atom. The number of pyridine rings is 1. The number of nitrogens with zero attached hydrogens (tertiary/aromatic N) is 1. The second kappa shape index (κ2) is 7.76. The van der Waals surface area contributed by atoms with Gasteiger partial charge in [0.05, 0.1) is 5.56 Å². The minimum atomic E-state index is -0.744. The number of nitrogens with one attached hydrogen (secondary N) is 1. The van der Waals surface area contributed by atoms with Crippen LogP contribution in [0.25, 0.3) is 0 Å². The van der Waals surface area contributed by atoms with Crippen LogP contribution in [0.3, 0.4) is 0 Å². The Kier molecular flexibility index (Phi) is 6.28. The van der Waals surface area contributed by atoms with Crippen LogP contribution in [-0.4, -0.2) is 30.6 Å². The van der Waals surface area contributed by atoms with Gasteiger partial charge in [-0.2, -0.15) is 4.39 Å². The van der Waals surface area contributed by atoms with Gasteiger partial charge in [-0.1, -0.05) is 13.8 Å². The number of amides is 1. The van der Waals surface area contributed by atoms with E-state index in [0.29, 0.717) is 32.1 Å². The molecule has 1 aromatic heterocycles. The van der Waals surface area contributed by atoms with Crippen molar-refractivity contribution in [1.29, 1.82) is 0 Å². The first-order valence-corrected chi connectivity index (χ1v) is 6.07. The molecule has 1 rings (SSSR count). The zero-order chi connectivity index (χ0) is 13.4. The van der Waals surface area contributed by atoms with Gasteiger partial charge < -0.3 is 10.1 Å². The summed E-state index contributed by atoms with van der Waals surface area (Å²) in [6.07, 6.45) is 2.02. The highest BCUT2D eigenvalue weighted by molar-refractivity contribution is 5.94. The Morgan fingerprint density at radius 2 is 2.33 bits per heavy atom. The summed E-state index contributed by atoms with van der Waals surface area (Å²) in [5.74, 6) is -0.681.